The van der Waals surface area contributed by atoms with Gasteiger partial charge in [0.2, 0.25) is 0 Å². The summed E-state index contributed by atoms with van der Waals surface area (Å²) in [4.78, 5) is 4.45. The van der Waals surface area contributed by atoms with E-state index in [1.165, 1.54) is 24.3 Å². The highest BCUT2D eigenvalue weighted by Crippen LogP contribution is 2.41. The number of pyridine rings is 1. The lowest BCUT2D eigenvalue weighted by atomic mass is 9.92. The summed E-state index contributed by atoms with van der Waals surface area (Å²) in [5.74, 6) is 1.31. The molecule has 3 heteroatoms. The fraction of sp³-hybridized carbons (Fsp3) is 0.643. The number of hydrogen-bond acceptors (Lipinski definition) is 3. The highest BCUT2D eigenvalue weighted by Gasteiger charge is 2.37. The molecule has 1 saturated heterocycles. The number of aromatic nitrogens is 1. The van der Waals surface area contributed by atoms with Gasteiger partial charge in [-0.25, -0.2) is 0 Å². The second-order valence-electron chi connectivity index (χ2n) is 4.90. The molecule has 2 nitrogen and oxygen atoms in total. The van der Waals surface area contributed by atoms with Crippen molar-refractivity contribution >= 4 is 11.8 Å². The zero-order valence-electron chi connectivity index (χ0n) is 10.8. The van der Waals surface area contributed by atoms with Crippen molar-refractivity contribution in [3.8, 4) is 0 Å². The van der Waals surface area contributed by atoms with Crippen LogP contribution in [0.5, 0.6) is 0 Å². The minimum absolute atomic E-state index is 0.382. The maximum Gasteiger partial charge on any atom is 0.0419 e. The first-order chi connectivity index (χ1) is 8.24. The molecule has 1 aliphatic heterocycles. The smallest absolute Gasteiger partial charge is 0.0419 e. The average molecular weight is 250 g/mol. The third-order valence-electron chi connectivity index (χ3n) is 3.58. The molecule has 1 aliphatic rings. The van der Waals surface area contributed by atoms with Gasteiger partial charge in [-0.3, -0.25) is 4.98 Å². The predicted molar refractivity (Wildman–Crippen MR) is 75.5 cm³/mol. The molecule has 94 valence electrons. The number of nitrogens with zero attached hydrogens (tertiary/aromatic N) is 1. The van der Waals surface area contributed by atoms with Crippen LogP contribution in [0, 0.1) is 0 Å². The van der Waals surface area contributed by atoms with Gasteiger partial charge >= 0.3 is 0 Å². The Hall–Kier alpha value is -0.540. The SMILES string of the molecule is CCNC(Cc1ccccn1)C1(C)CCCS1. The van der Waals surface area contributed by atoms with Gasteiger partial charge in [0, 0.05) is 29.1 Å². The molecule has 2 atom stereocenters. The molecule has 1 aromatic rings. The summed E-state index contributed by atoms with van der Waals surface area (Å²) in [7, 11) is 0. The molecule has 17 heavy (non-hydrogen) atoms. The normalized spacial score (nSPS) is 26.0. The van der Waals surface area contributed by atoms with Crippen LogP contribution in [-0.2, 0) is 6.42 Å². The fourth-order valence-corrected chi connectivity index (χ4v) is 3.97. The van der Waals surface area contributed by atoms with Crippen LogP contribution < -0.4 is 5.32 Å². The largest absolute Gasteiger partial charge is 0.312 e. The molecule has 2 heterocycles. The molecule has 0 amide bonds. The molecule has 0 radical (unpaired) electrons. The van der Waals surface area contributed by atoms with Gasteiger partial charge in [0.05, 0.1) is 0 Å². The highest BCUT2D eigenvalue weighted by atomic mass is 32.2. The van der Waals surface area contributed by atoms with Crippen LogP contribution in [0.15, 0.2) is 24.4 Å². The van der Waals surface area contributed by atoms with Gasteiger partial charge in [0.15, 0.2) is 0 Å². The maximum absolute atomic E-state index is 4.45. The molecule has 1 N–H and O–H groups in total. The zero-order chi connectivity index (χ0) is 12.1. The monoisotopic (exact) mass is 250 g/mol. The maximum atomic E-state index is 4.45. The Labute approximate surface area is 109 Å². The third kappa shape index (κ3) is 3.23. The van der Waals surface area contributed by atoms with Crippen LogP contribution in [0.4, 0.5) is 0 Å². The second-order valence-corrected chi connectivity index (χ2v) is 6.53. The Morgan fingerprint density at radius 2 is 2.41 bits per heavy atom. The number of hydrogen-bond donors (Lipinski definition) is 1. The first kappa shape index (κ1) is 12.9. The van der Waals surface area contributed by atoms with Crippen molar-refractivity contribution in [2.75, 3.05) is 12.3 Å². The first-order valence-corrected chi connectivity index (χ1v) is 7.50. The zero-order valence-corrected chi connectivity index (χ0v) is 11.6. The van der Waals surface area contributed by atoms with Crippen molar-refractivity contribution in [1.29, 1.82) is 0 Å². The summed E-state index contributed by atoms with van der Waals surface area (Å²) in [5.41, 5.74) is 1.20. The van der Waals surface area contributed by atoms with Crippen molar-refractivity contribution < 1.29 is 0 Å². The summed E-state index contributed by atoms with van der Waals surface area (Å²) >= 11 is 2.12. The summed E-state index contributed by atoms with van der Waals surface area (Å²) in [6.07, 6.45) is 5.61. The van der Waals surface area contributed by atoms with Crippen molar-refractivity contribution in [2.24, 2.45) is 0 Å². The molecule has 1 fully saturated rings. The lowest BCUT2D eigenvalue weighted by Gasteiger charge is -2.33. The van der Waals surface area contributed by atoms with Crippen LogP contribution in [0.3, 0.4) is 0 Å². The van der Waals surface area contributed by atoms with Crippen LogP contribution in [0.25, 0.3) is 0 Å². The van der Waals surface area contributed by atoms with Crippen molar-refractivity contribution in [3.05, 3.63) is 30.1 Å². The fourth-order valence-electron chi connectivity index (χ4n) is 2.55. The van der Waals surface area contributed by atoms with E-state index in [-0.39, 0.29) is 0 Å². The Kier molecular flexibility index (Phi) is 4.46. The van der Waals surface area contributed by atoms with Crippen LogP contribution >= 0.6 is 11.8 Å². The molecule has 1 aromatic heterocycles. The Bertz CT molecular complexity index is 333. The van der Waals surface area contributed by atoms with Gasteiger partial charge in [-0.1, -0.05) is 13.0 Å². The van der Waals surface area contributed by atoms with E-state index in [1.807, 2.05) is 12.3 Å². The van der Waals surface area contributed by atoms with Gasteiger partial charge in [-0.15, -0.1) is 0 Å². The quantitative estimate of drug-likeness (QED) is 0.870. The molecular formula is C14H22N2S. The van der Waals surface area contributed by atoms with Gasteiger partial charge in [0.25, 0.3) is 0 Å². The van der Waals surface area contributed by atoms with Gasteiger partial charge < -0.3 is 5.32 Å². The van der Waals surface area contributed by atoms with E-state index >= 15 is 0 Å². The second kappa shape index (κ2) is 5.87. The summed E-state index contributed by atoms with van der Waals surface area (Å²) in [6.45, 7) is 5.63. The molecule has 0 spiro atoms. The molecule has 0 aromatic carbocycles. The number of thioether (sulfide) groups is 1. The van der Waals surface area contributed by atoms with Gasteiger partial charge in [0.1, 0.15) is 0 Å². The van der Waals surface area contributed by atoms with E-state index in [0.717, 1.165) is 13.0 Å². The average Bonchev–Trinajstić information content (AvgIpc) is 2.78. The predicted octanol–water partition coefficient (Wildman–Crippen LogP) is 2.89. The van der Waals surface area contributed by atoms with Crippen molar-refractivity contribution in [2.45, 2.75) is 43.9 Å². The number of rotatable bonds is 5. The van der Waals surface area contributed by atoms with E-state index in [9.17, 15) is 0 Å². The van der Waals surface area contributed by atoms with E-state index in [2.05, 4.69) is 48.0 Å². The molecule has 0 bridgehead atoms. The minimum atomic E-state index is 0.382. The van der Waals surface area contributed by atoms with Crippen molar-refractivity contribution in [3.63, 3.8) is 0 Å². The molecule has 0 aliphatic carbocycles. The molecule has 0 saturated carbocycles. The lowest BCUT2D eigenvalue weighted by Crippen LogP contribution is -2.46. The van der Waals surface area contributed by atoms with E-state index in [4.69, 9.17) is 0 Å². The topological polar surface area (TPSA) is 24.9 Å². The third-order valence-corrected chi connectivity index (χ3v) is 5.22. The summed E-state index contributed by atoms with van der Waals surface area (Å²) in [5, 5.41) is 3.65. The number of likely N-dealkylation sites (N-methyl/N-ethyl adjacent to an activating group) is 1. The van der Waals surface area contributed by atoms with Crippen LogP contribution in [0.1, 0.15) is 32.4 Å². The Morgan fingerprint density at radius 3 is 3.00 bits per heavy atom. The molecular weight excluding hydrogens is 228 g/mol. The van der Waals surface area contributed by atoms with E-state index < -0.39 is 0 Å². The highest BCUT2D eigenvalue weighted by molar-refractivity contribution is 8.00. The summed E-state index contributed by atoms with van der Waals surface area (Å²) < 4.78 is 0.382. The lowest BCUT2D eigenvalue weighted by molar-refractivity contribution is 0.403. The van der Waals surface area contributed by atoms with Gasteiger partial charge in [-0.05, 0) is 44.2 Å². The van der Waals surface area contributed by atoms with Gasteiger partial charge in [-0.2, -0.15) is 11.8 Å². The van der Waals surface area contributed by atoms with Crippen LogP contribution in [-0.4, -0.2) is 28.1 Å². The Balaban J connectivity index is 2.07. The standard InChI is InChI=1S/C14H22N2S/c1-3-15-13(14(2)8-6-10-17-14)11-12-7-4-5-9-16-12/h4-5,7,9,13,15H,3,6,8,10-11H2,1-2H3. The first-order valence-electron chi connectivity index (χ1n) is 6.52. The molecule has 2 rings (SSSR count). The summed E-state index contributed by atoms with van der Waals surface area (Å²) in [6, 6.07) is 6.73. The van der Waals surface area contributed by atoms with E-state index in [0.29, 0.717) is 10.8 Å². The number of nitrogens with one attached hydrogen (secondary N) is 1. The minimum Gasteiger partial charge on any atom is -0.312 e. The van der Waals surface area contributed by atoms with Crippen molar-refractivity contribution in [1.82, 2.24) is 10.3 Å². The Morgan fingerprint density at radius 1 is 1.53 bits per heavy atom. The molecule has 2 unspecified atom stereocenters. The van der Waals surface area contributed by atoms with E-state index in [1.54, 1.807) is 0 Å². The van der Waals surface area contributed by atoms with Crippen LogP contribution in [0.2, 0.25) is 0 Å².